The van der Waals surface area contributed by atoms with Gasteiger partial charge in [0.05, 0.1) is 0 Å². The number of rotatable bonds is 2. The molecule has 1 saturated heterocycles. The molecular weight excluding hydrogens is 102 g/mol. The zero-order chi connectivity index (χ0) is 5.82. The summed E-state index contributed by atoms with van der Waals surface area (Å²) in [7, 11) is 0. The largest absolute Gasteiger partial charge is 0.314 e. The molecule has 1 heterocycles. The van der Waals surface area contributed by atoms with E-state index >= 15 is 0 Å². The second kappa shape index (κ2) is 2.82. The predicted molar refractivity (Wildman–Crippen MR) is 31.7 cm³/mol. The standard InChI is InChI=1S/C6H11NO/c8-5-3-6-2-1-4-7-6/h5-7H,1-4H2. The van der Waals surface area contributed by atoms with E-state index in [0.29, 0.717) is 12.5 Å². The summed E-state index contributed by atoms with van der Waals surface area (Å²) in [5.41, 5.74) is 0. The number of hydrogen-bond acceptors (Lipinski definition) is 2. The average molecular weight is 113 g/mol. The lowest BCUT2D eigenvalue weighted by atomic mass is 10.2. The van der Waals surface area contributed by atoms with Gasteiger partial charge in [0, 0.05) is 12.5 Å². The van der Waals surface area contributed by atoms with E-state index in [1.54, 1.807) is 0 Å². The van der Waals surface area contributed by atoms with Crippen molar-refractivity contribution in [1.29, 1.82) is 0 Å². The molecule has 1 aliphatic rings. The van der Waals surface area contributed by atoms with Crippen LogP contribution in [0.25, 0.3) is 0 Å². The minimum Gasteiger partial charge on any atom is -0.314 e. The molecule has 8 heavy (non-hydrogen) atoms. The average Bonchev–Trinajstić information content (AvgIpc) is 2.19. The first kappa shape index (κ1) is 5.76. The van der Waals surface area contributed by atoms with Gasteiger partial charge in [-0.15, -0.1) is 0 Å². The normalized spacial score (nSPS) is 28.2. The Labute approximate surface area is 49.3 Å². The van der Waals surface area contributed by atoms with Crippen LogP contribution >= 0.6 is 0 Å². The molecule has 0 aromatic carbocycles. The molecule has 0 spiro atoms. The number of carbonyl (C=O) groups is 1. The van der Waals surface area contributed by atoms with Gasteiger partial charge in [-0.3, -0.25) is 0 Å². The molecule has 2 nitrogen and oxygen atoms in total. The van der Waals surface area contributed by atoms with Crippen molar-refractivity contribution in [2.45, 2.75) is 25.3 Å². The highest BCUT2D eigenvalue weighted by Gasteiger charge is 2.11. The van der Waals surface area contributed by atoms with Gasteiger partial charge in [0.1, 0.15) is 6.29 Å². The summed E-state index contributed by atoms with van der Waals surface area (Å²) >= 11 is 0. The van der Waals surface area contributed by atoms with Crippen LogP contribution in [0.15, 0.2) is 0 Å². The van der Waals surface area contributed by atoms with Gasteiger partial charge in [-0.2, -0.15) is 0 Å². The van der Waals surface area contributed by atoms with Gasteiger partial charge >= 0.3 is 0 Å². The first-order chi connectivity index (χ1) is 3.93. The Hall–Kier alpha value is -0.370. The summed E-state index contributed by atoms with van der Waals surface area (Å²) < 4.78 is 0. The van der Waals surface area contributed by atoms with Crippen molar-refractivity contribution in [3.63, 3.8) is 0 Å². The van der Waals surface area contributed by atoms with Gasteiger partial charge in [0.2, 0.25) is 0 Å². The number of aldehydes is 1. The highest BCUT2D eigenvalue weighted by atomic mass is 16.1. The molecule has 0 aromatic heterocycles. The van der Waals surface area contributed by atoms with E-state index in [-0.39, 0.29) is 0 Å². The Kier molecular flexibility index (Phi) is 2.03. The van der Waals surface area contributed by atoms with Gasteiger partial charge in [0.25, 0.3) is 0 Å². The third-order valence-corrected chi connectivity index (χ3v) is 1.54. The van der Waals surface area contributed by atoms with Crippen molar-refractivity contribution in [3.8, 4) is 0 Å². The minimum atomic E-state index is 0.493. The van der Waals surface area contributed by atoms with Crippen molar-refractivity contribution in [3.05, 3.63) is 0 Å². The summed E-state index contributed by atoms with van der Waals surface area (Å²) in [6, 6.07) is 0.493. The Morgan fingerprint density at radius 1 is 1.75 bits per heavy atom. The highest BCUT2D eigenvalue weighted by Crippen LogP contribution is 2.05. The summed E-state index contributed by atoms with van der Waals surface area (Å²) in [4.78, 5) is 9.92. The molecule has 1 N–H and O–H groups in total. The summed E-state index contributed by atoms with van der Waals surface area (Å²) in [6.45, 7) is 1.10. The van der Waals surface area contributed by atoms with Crippen molar-refractivity contribution in [1.82, 2.24) is 5.32 Å². The number of nitrogens with one attached hydrogen (secondary N) is 1. The van der Waals surface area contributed by atoms with Crippen LogP contribution in [0.1, 0.15) is 19.3 Å². The first-order valence-electron chi connectivity index (χ1n) is 3.10. The number of hydrogen-bond donors (Lipinski definition) is 1. The van der Waals surface area contributed by atoms with Gasteiger partial charge in [0.15, 0.2) is 0 Å². The molecule has 0 aromatic rings. The van der Waals surface area contributed by atoms with E-state index in [1.165, 1.54) is 12.8 Å². The van der Waals surface area contributed by atoms with Crippen LogP contribution in [0.3, 0.4) is 0 Å². The molecule has 0 radical (unpaired) electrons. The molecule has 0 aliphatic carbocycles. The van der Waals surface area contributed by atoms with E-state index in [4.69, 9.17) is 0 Å². The lowest BCUT2D eigenvalue weighted by Crippen LogP contribution is -2.21. The Balaban J connectivity index is 2.14. The van der Waals surface area contributed by atoms with Gasteiger partial charge < -0.3 is 10.1 Å². The van der Waals surface area contributed by atoms with Crippen LogP contribution in [0.4, 0.5) is 0 Å². The SMILES string of the molecule is O=CCC1CCCN1. The molecule has 46 valence electrons. The zero-order valence-electron chi connectivity index (χ0n) is 4.89. The molecule has 1 rings (SSSR count). The molecule has 0 amide bonds. The third-order valence-electron chi connectivity index (χ3n) is 1.54. The Morgan fingerprint density at radius 2 is 2.62 bits per heavy atom. The highest BCUT2D eigenvalue weighted by molar-refractivity contribution is 5.50. The molecule has 1 atom stereocenters. The lowest BCUT2D eigenvalue weighted by Gasteiger charge is -2.01. The van der Waals surface area contributed by atoms with E-state index in [1.807, 2.05) is 0 Å². The van der Waals surface area contributed by atoms with Gasteiger partial charge in [-0.1, -0.05) is 0 Å². The monoisotopic (exact) mass is 113 g/mol. The van der Waals surface area contributed by atoms with Gasteiger partial charge in [-0.05, 0) is 19.4 Å². The molecule has 0 saturated carbocycles. The van der Waals surface area contributed by atoms with Crippen LogP contribution < -0.4 is 5.32 Å². The second-order valence-corrected chi connectivity index (χ2v) is 2.20. The summed E-state index contributed by atoms with van der Waals surface area (Å²) in [5.74, 6) is 0. The number of carbonyl (C=O) groups excluding carboxylic acids is 1. The van der Waals surface area contributed by atoms with Crippen molar-refractivity contribution in [2.75, 3.05) is 6.54 Å². The van der Waals surface area contributed by atoms with E-state index in [2.05, 4.69) is 5.32 Å². The molecule has 0 bridgehead atoms. The van der Waals surface area contributed by atoms with Crippen molar-refractivity contribution in [2.24, 2.45) is 0 Å². The fraction of sp³-hybridized carbons (Fsp3) is 0.833. The Bertz CT molecular complexity index is 76.6. The lowest BCUT2D eigenvalue weighted by molar-refractivity contribution is -0.108. The van der Waals surface area contributed by atoms with Crippen molar-refractivity contribution >= 4 is 6.29 Å². The van der Waals surface area contributed by atoms with Crippen LogP contribution in [-0.2, 0) is 4.79 Å². The van der Waals surface area contributed by atoms with Crippen LogP contribution in [0, 0.1) is 0 Å². The fourth-order valence-electron chi connectivity index (χ4n) is 1.07. The maximum Gasteiger partial charge on any atom is 0.121 e. The minimum absolute atomic E-state index is 0.493. The van der Waals surface area contributed by atoms with Crippen LogP contribution in [-0.4, -0.2) is 18.9 Å². The molecule has 1 fully saturated rings. The van der Waals surface area contributed by atoms with Crippen LogP contribution in [0.2, 0.25) is 0 Å². The smallest absolute Gasteiger partial charge is 0.121 e. The fourth-order valence-corrected chi connectivity index (χ4v) is 1.07. The molecule has 2 heteroatoms. The predicted octanol–water partition coefficient (Wildman–Crippen LogP) is 0.327. The molecular formula is C6H11NO. The Morgan fingerprint density at radius 3 is 3.12 bits per heavy atom. The van der Waals surface area contributed by atoms with E-state index in [0.717, 1.165) is 12.8 Å². The zero-order valence-corrected chi connectivity index (χ0v) is 4.89. The van der Waals surface area contributed by atoms with E-state index < -0.39 is 0 Å². The second-order valence-electron chi connectivity index (χ2n) is 2.20. The topological polar surface area (TPSA) is 29.1 Å². The summed E-state index contributed by atoms with van der Waals surface area (Å²) in [6.07, 6.45) is 4.10. The summed E-state index contributed by atoms with van der Waals surface area (Å²) in [5, 5.41) is 3.23. The maximum absolute atomic E-state index is 9.92. The van der Waals surface area contributed by atoms with Gasteiger partial charge in [-0.25, -0.2) is 0 Å². The first-order valence-corrected chi connectivity index (χ1v) is 3.10. The third kappa shape index (κ3) is 1.30. The molecule has 1 aliphatic heterocycles. The van der Waals surface area contributed by atoms with Crippen molar-refractivity contribution < 1.29 is 4.79 Å². The van der Waals surface area contributed by atoms with Crippen LogP contribution in [0.5, 0.6) is 0 Å². The molecule has 1 unspecified atom stereocenters. The maximum atomic E-state index is 9.92. The van der Waals surface area contributed by atoms with E-state index in [9.17, 15) is 4.79 Å². The quantitative estimate of drug-likeness (QED) is 0.523.